The number of benzene rings is 1. The molecule has 3 rings (SSSR count). The van der Waals surface area contributed by atoms with Crippen LogP contribution in [0.2, 0.25) is 0 Å². The predicted molar refractivity (Wildman–Crippen MR) is 83.1 cm³/mol. The molecule has 1 aliphatic rings. The molecule has 1 aliphatic heterocycles. The number of likely N-dealkylation sites (N-methyl/N-ethyl adjacent to an activating group) is 1. The van der Waals surface area contributed by atoms with Gasteiger partial charge in [-0.05, 0) is 52.0 Å². The van der Waals surface area contributed by atoms with Crippen LogP contribution in [0.1, 0.15) is 29.5 Å². The minimum Gasteiger partial charge on any atom is -0.493 e. The molecule has 2 heterocycles. The van der Waals surface area contributed by atoms with Crippen LogP contribution >= 0.6 is 27.3 Å². The van der Waals surface area contributed by atoms with Crippen molar-refractivity contribution in [2.75, 3.05) is 13.7 Å². The average Bonchev–Trinajstić information content (AvgIpc) is 2.86. The van der Waals surface area contributed by atoms with Crippen molar-refractivity contribution in [2.45, 2.75) is 18.4 Å². The fourth-order valence-corrected chi connectivity index (χ4v) is 4.38. The molecule has 2 unspecified atom stereocenters. The maximum absolute atomic E-state index is 5.76. The van der Waals surface area contributed by atoms with Gasteiger partial charge in [-0.1, -0.05) is 18.2 Å². The predicted octanol–water partition coefficient (Wildman–Crippen LogP) is 4.34. The summed E-state index contributed by atoms with van der Waals surface area (Å²) in [5, 5.41) is 7.85. The first-order valence-corrected chi connectivity index (χ1v) is 8.15. The molecule has 2 aromatic rings. The third-order valence-electron chi connectivity index (χ3n) is 3.70. The molecule has 1 N–H and O–H groups in total. The molecular formula is C15H16BrNOS. The molecule has 0 amide bonds. The lowest BCUT2D eigenvalue weighted by atomic mass is 9.84. The van der Waals surface area contributed by atoms with Crippen LogP contribution in [0.5, 0.6) is 5.75 Å². The largest absolute Gasteiger partial charge is 0.493 e. The standard InChI is InChI=1S/C15H16BrNOS/c1-17-15(12-8-19-9-13(12)16)11-6-7-18-14-5-3-2-4-10(11)14/h2-5,8-9,11,15,17H,6-7H2,1H3. The van der Waals surface area contributed by atoms with Gasteiger partial charge < -0.3 is 10.1 Å². The lowest BCUT2D eigenvalue weighted by molar-refractivity contribution is 0.248. The van der Waals surface area contributed by atoms with Gasteiger partial charge in [0, 0.05) is 21.8 Å². The number of nitrogens with one attached hydrogen (secondary N) is 1. The number of thiophene rings is 1. The molecule has 19 heavy (non-hydrogen) atoms. The Morgan fingerprint density at radius 3 is 2.95 bits per heavy atom. The van der Waals surface area contributed by atoms with E-state index in [0.29, 0.717) is 12.0 Å². The number of halogens is 1. The van der Waals surface area contributed by atoms with E-state index in [1.54, 1.807) is 11.3 Å². The number of ether oxygens (including phenoxy) is 1. The molecule has 4 heteroatoms. The molecule has 0 saturated heterocycles. The minimum atomic E-state index is 0.325. The van der Waals surface area contributed by atoms with Crippen LogP contribution in [0.3, 0.4) is 0 Å². The van der Waals surface area contributed by atoms with Crippen molar-refractivity contribution in [2.24, 2.45) is 0 Å². The molecule has 0 aliphatic carbocycles. The molecule has 1 aromatic carbocycles. The van der Waals surface area contributed by atoms with E-state index < -0.39 is 0 Å². The Morgan fingerprint density at radius 1 is 1.37 bits per heavy atom. The van der Waals surface area contributed by atoms with Gasteiger partial charge in [0.2, 0.25) is 0 Å². The number of rotatable bonds is 3. The molecule has 0 fully saturated rings. The fourth-order valence-electron chi connectivity index (χ4n) is 2.80. The smallest absolute Gasteiger partial charge is 0.122 e. The second-order valence-corrected chi connectivity index (χ2v) is 6.32. The summed E-state index contributed by atoms with van der Waals surface area (Å²) in [4.78, 5) is 0. The topological polar surface area (TPSA) is 21.3 Å². The van der Waals surface area contributed by atoms with Gasteiger partial charge in [0.1, 0.15) is 5.75 Å². The minimum absolute atomic E-state index is 0.325. The van der Waals surface area contributed by atoms with Gasteiger partial charge in [0.15, 0.2) is 0 Å². The molecule has 1 aromatic heterocycles. The molecule has 100 valence electrons. The number of hydrogen-bond donors (Lipinski definition) is 1. The van der Waals surface area contributed by atoms with Crippen LogP contribution in [0, 0.1) is 0 Å². The van der Waals surface area contributed by atoms with Gasteiger partial charge >= 0.3 is 0 Å². The highest BCUT2D eigenvalue weighted by molar-refractivity contribution is 9.10. The molecule has 2 nitrogen and oxygen atoms in total. The van der Waals surface area contributed by atoms with Crippen LogP contribution < -0.4 is 10.1 Å². The van der Waals surface area contributed by atoms with E-state index >= 15 is 0 Å². The van der Waals surface area contributed by atoms with Crippen molar-refractivity contribution in [3.63, 3.8) is 0 Å². The lowest BCUT2D eigenvalue weighted by Gasteiger charge is -2.32. The summed E-state index contributed by atoms with van der Waals surface area (Å²) in [5.41, 5.74) is 2.65. The third kappa shape index (κ3) is 2.45. The Kier molecular flexibility index (Phi) is 3.91. The highest BCUT2D eigenvalue weighted by Gasteiger charge is 2.30. The summed E-state index contributed by atoms with van der Waals surface area (Å²) in [6.07, 6.45) is 1.05. The van der Waals surface area contributed by atoms with Crippen LogP contribution in [0.15, 0.2) is 39.5 Å². The summed E-state index contributed by atoms with van der Waals surface area (Å²) in [6, 6.07) is 8.71. The van der Waals surface area contributed by atoms with Crippen molar-refractivity contribution < 1.29 is 4.74 Å². The Morgan fingerprint density at radius 2 is 2.21 bits per heavy atom. The van der Waals surface area contributed by atoms with E-state index in [2.05, 4.69) is 50.2 Å². The number of para-hydroxylation sites is 1. The van der Waals surface area contributed by atoms with Gasteiger partial charge in [-0.3, -0.25) is 0 Å². The molecule has 2 atom stereocenters. The highest BCUT2D eigenvalue weighted by Crippen LogP contribution is 2.43. The molecule has 0 bridgehead atoms. The van der Waals surface area contributed by atoms with Crippen LogP contribution in [0.4, 0.5) is 0 Å². The van der Waals surface area contributed by atoms with Crippen LogP contribution in [-0.2, 0) is 0 Å². The monoisotopic (exact) mass is 337 g/mol. The van der Waals surface area contributed by atoms with E-state index in [0.717, 1.165) is 18.8 Å². The summed E-state index contributed by atoms with van der Waals surface area (Å²) in [5.74, 6) is 1.49. The second kappa shape index (κ2) is 5.65. The van der Waals surface area contributed by atoms with E-state index in [9.17, 15) is 0 Å². The van der Waals surface area contributed by atoms with Gasteiger partial charge in [0.05, 0.1) is 6.61 Å². The maximum atomic E-state index is 5.76. The van der Waals surface area contributed by atoms with Gasteiger partial charge in [-0.15, -0.1) is 0 Å². The summed E-state index contributed by atoms with van der Waals surface area (Å²) in [6.45, 7) is 0.793. The maximum Gasteiger partial charge on any atom is 0.122 e. The Hall–Kier alpha value is -0.840. The SMILES string of the molecule is CNC(c1cscc1Br)C1CCOc2ccccc21. The van der Waals surface area contributed by atoms with Crippen LogP contribution in [0.25, 0.3) is 0 Å². The molecule has 0 spiro atoms. The first kappa shape index (κ1) is 13.2. The average molecular weight is 338 g/mol. The van der Waals surface area contributed by atoms with E-state index in [4.69, 9.17) is 4.74 Å². The Bertz CT molecular complexity index is 569. The quantitative estimate of drug-likeness (QED) is 0.899. The zero-order chi connectivity index (χ0) is 13.2. The summed E-state index contributed by atoms with van der Waals surface area (Å²) < 4.78 is 6.95. The number of fused-ring (bicyclic) bond motifs is 1. The zero-order valence-corrected chi connectivity index (χ0v) is 13.1. The van der Waals surface area contributed by atoms with E-state index in [-0.39, 0.29) is 0 Å². The van der Waals surface area contributed by atoms with Gasteiger partial charge in [-0.2, -0.15) is 11.3 Å². The van der Waals surface area contributed by atoms with Crippen molar-refractivity contribution in [3.05, 3.63) is 50.6 Å². The van der Waals surface area contributed by atoms with E-state index in [1.807, 2.05) is 13.1 Å². The third-order valence-corrected chi connectivity index (χ3v) is 5.45. The second-order valence-electron chi connectivity index (χ2n) is 4.72. The molecule has 0 saturated carbocycles. The summed E-state index contributed by atoms with van der Waals surface area (Å²) >= 11 is 5.39. The molecule has 0 radical (unpaired) electrons. The van der Waals surface area contributed by atoms with Crippen molar-refractivity contribution in [3.8, 4) is 5.75 Å². The highest BCUT2D eigenvalue weighted by atomic mass is 79.9. The lowest BCUT2D eigenvalue weighted by Crippen LogP contribution is -2.28. The van der Waals surface area contributed by atoms with Crippen molar-refractivity contribution in [1.82, 2.24) is 5.32 Å². The van der Waals surface area contributed by atoms with Crippen LogP contribution in [-0.4, -0.2) is 13.7 Å². The first-order valence-electron chi connectivity index (χ1n) is 6.42. The Balaban J connectivity index is 2.00. The Labute approximate surface area is 125 Å². The zero-order valence-electron chi connectivity index (χ0n) is 10.7. The first-order chi connectivity index (χ1) is 9.31. The van der Waals surface area contributed by atoms with Gasteiger partial charge in [-0.25, -0.2) is 0 Å². The van der Waals surface area contributed by atoms with Crippen molar-refractivity contribution in [1.29, 1.82) is 0 Å². The fraction of sp³-hybridized carbons (Fsp3) is 0.333. The number of hydrogen-bond acceptors (Lipinski definition) is 3. The summed E-state index contributed by atoms with van der Waals surface area (Å²) in [7, 11) is 2.03. The van der Waals surface area contributed by atoms with Crippen molar-refractivity contribution >= 4 is 27.3 Å². The molecular weight excluding hydrogens is 322 g/mol. The normalized spacial score (nSPS) is 19.6. The van der Waals surface area contributed by atoms with Gasteiger partial charge in [0.25, 0.3) is 0 Å². The van der Waals surface area contributed by atoms with E-state index in [1.165, 1.54) is 15.6 Å².